The van der Waals surface area contributed by atoms with E-state index in [1.165, 1.54) is 25.0 Å². The third-order valence-corrected chi connectivity index (χ3v) is 4.57. The smallest absolute Gasteiger partial charge is 0.220 e. The van der Waals surface area contributed by atoms with Crippen LogP contribution in [0.1, 0.15) is 38.5 Å². The number of nitrogens with one attached hydrogen (secondary N) is 1. The lowest BCUT2D eigenvalue weighted by Crippen LogP contribution is -2.45. The molecule has 0 aromatic heterocycles. The Kier molecular flexibility index (Phi) is 5.49. The zero-order valence-corrected chi connectivity index (χ0v) is 13.5. The highest BCUT2D eigenvalue weighted by Gasteiger charge is 2.31. The van der Waals surface area contributed by atoms with Gasteiger partial charge in [0, 0.05) is 37.7 Å². The molecule has 1 N–H and O–H groups in total. The average molecular weight is 320 g/mol. The van der Waals surface area contributed by atoms with Gasteiger partial charge in [0.25, 0.3) is 0 Å². The summed E-state index contributed by atoms with van der Waals surface area (Å²) in [5.74, 6) is 0.299. The van der Waals surface area contributed by atoms with Crippen molar-refractivity contribution in [3.63, 3.8) is 0 Å². The van der Waals surface area contributed by atoms with E-state index in [1.54, 1.807) is 12.1 Å². The van der Waals surface area contributed by atoms with Gasteiger partial charge < -0.3 is 15.0 Å². The summed E-state index contributed by atoms with van der Waals surface area (Å²) in [6.45, 7) is 2.65. The van der Waals surface area contributed by atoms with Crippen LogP contribution in [0.15, 0.2) is 24.3 Å². The number of likely N-dealkylation sites (tertiary alicyclic amines) is 1. The summed E-state index contributed by atoms with van der Waals surface area (Å²) < 4.78 is 18.4. The minimum absolute atomic E-state index is 0.0951. The Morgan fingerprint density at radius 3 is 2.74 bits per heavy atom. The van der Waals surface area contributed by atoms with E-state index in [0.717, 1.165) is 32.0 Å². The van der Waals surface area contributed by atoms with E-state index in [-0.39, 0.29) is 11.7 Å². The van der Waals surface area contributed by atoms with Gasteiger partial charge in [0.15, 0.2) is 0 Å². The van der Waals surface area contributed by atoms with Crippen LogP contribution in [0, 0.1) is 5.82 Å². The van der Waals surface area contributed by atoms with Gasteiger partial charge in [-0.25, -0.2) is 4.39 Å². The Morgan fingerprint density at radius 2 is 2.04 bits per heavy atom. The molecule has 0 unspecified atom stereocenters. The van der Waals surface area contributed by atoms with Crippen molar-refractivity contribution in [1.29, 1.82) is 0 Å². The summed E-state index contributed by atoms with van der Waals surface area (Å²) in [6, 6.07) is 7.22. The van der Waals surface area contributed by atoms with Crippen molar-refractivity contribution >= 4 is 5.91 Å². The first-order chi connectivity index (χ1) is 11.2. The third kappa shape index (κ3) is 5.20. The van der Waals surface area contributed by atoms with Crippen LogP contribution in [0.2, 0.25) is 0 Å². The van der Waals surface area contributed by atoms with Crippen LogP contribution in [0.3, 0.4) is 0 Å². The van der Waals surface area contributed by atoms with Crippen LogP contribution in [-0.2, 0) is 4.79 Å². The van der Waals surface area contributed by atoms with Crippen molar-refractivity contribution in [3.8, 4) is 5.75 Å². The second-order valence-corrected chi connectivity index (χ2v) is 6.52. The average Bonchev–Trinajstić information content (AvgIpc) is 3.37. The Labute approximate surface area is 137 Å². The molecule has 0 bridgehead atoms. The molecule has 0 radical (unpaired) electrons. The number of hydrogen-bond donors (Lipinski definition) is 1. The van der Waals surface area contributed by atoms with E-state index in [2.05, 4.69) is 10.2 Å². The molecule has 1 aliphatic heterocycles. The molecule has 1 saturated heterocycles. The Morgan fingerprint density at radius 1 is 1.26 bits per heavy atom. The van der Waals surface area contributed by atoms with Crippen LogP contribution in [0.25, 0.3) is 0 Å². The van der Waals surface area contributed by atoms with Crippen molar-refractivity contribution in [2.75, 3.05) is 19.7 Å². The molecule has 1 aromatic carbocycles. The molecule has 5 heteroatoms. The topological polar surface area (TPSA) is 41.6 Å². The lowest BCUT2D eigenvalue weighted by Gasteiger charge is -2.32. The predicted molar refractivity (Wildman–Crippen MR) is 86.9 cm³/mol. The molecular weight excluding hydrogens is 295 g/mol. The molecule has 1 aliphatic carbocycles. The van der Waals surface area contributed by atoms with Crippen molar-refractivity contribution < 1.29 is 13.9 Å². The fourth-order valence-electron chi connectivity index (χ4n) is 3.13. The zero-order valence-electron chi connectivity index (χ0n) is 13.5. The highest BCUT2D eigenvalue weighted by atomic mass is 19.1. The first kappa shape index (κ1) is 16.2. The first-order valence-corrected chi connectivity index (χ1v) is 8.62. The summed E-state index contributed by atoms with van der Waals surface area (Å²) in [6.07, 6.45) is 5.91. The molecule has 1 heterocycles. The highest BCUT2D eigenvalue weighted by molar-refractivity contribution is 5.76. The number of rotatable bonds is 7. The summed E-state index contributed by atoms with van der Waals surface area (Å²) in [7, 11) is 0. The standard InChI is InChI=1S/C18H25FN2O2/c19-14-3-1-4-17(13-14)23-12-2-5-18(22)20-15-8-10-21(11-9-15)16-6-7-16/h1,3-4,13,15-16H,2,5-12H2,(H,20,22). The van der Waals surface area contributed by atoms with Crippen LogP contribution >= 0.6 is 0 Å². The molecular formula is C18H25FN2O2. The molecule has 1 saturated carbocycles. The van der Waals surface area contributed by atoms with Gasteiger partial charge in [-0.2, -0.15) is 0 Å². The van der Waals surface area contributed by atoms with Crippen molar-refractivity contribution in [1.82, 2.24) is 10.2 Å². The van der Waals surface area contributed by atoms with Crippen LogP contribution in [0.4, 0.5) is 4.39 Å². The van der Waals surface area contributed by atoms with E-state index in [0.29, 0.717) is 31.2 Å². The summed E-state index contributed by atoms with van der Waals surface area (Å²) >= 11 is 0. The van der Waals surface area contributed by atoms with Gasteiger partial charge in [0.2, 0.25) is 5.91 Å². The highest BCUT2D eigenvalue weighted by Crippen LogP contribution is 2.29. The summed E-state index contributed by atoms with van der Waals surface area (Å²) in [4.78, 5) is 14.5. The van der Waals surface area contributed by atoms with E-state index in [1.807, 2.05) is 0 Å². The van der Waals surface area contributed by atoms with Gasteiger partial charge >= 0.3 is 0 Å². The number of hydrogen-bond acceptors (Lipinski definition) is 3. The van der Waals surface area contributed by atoms with Gasteiger partial charge in [-0.05, 0) is 44.2 Å². The number of benzene rings is 1. The summed E-state index contributed by atoms with van der Waals surface area (Å²) in [5.41, 5.74) is 0. The van der Waals surface area contributed by atoms with E-state index in [9.17, 15) is 9.18 Å². The van der Waals surface area contributed by atoms with Gasteiger partial charge in [-0.3, -0.25) is 4.79 Å². The quantitative estimate of drug-likeness (QED) is 0.786. The number of halogens is 1. The van der Waals surface area contributed by atoms with E-state index < -0.39 is 0 Å². The molecule has 0 spiro atoms. The number of ether oxygens (including phenoxy) is 1. The van der Waals surface area contributed by atoms with Crippen molar-refractivity contribution in [3.05, 3.63) is 30.1 Å². The molecule has 2 aliphatic rings. The third-order valence-electron chi connectivity index (χ3n) is 4.57. The molecule has 2 fully saturated rings. The minimum atomic E-state index is -0.308. The fourth-order valence-corrected chi connectivity index (χ4v) is 3.13. The van der Waals surface area contributed by atoms with Crippen LogP contribution in [0.5, 0.6) is 5.75 Å². The predicted octanol–water partition coefficient (Wildman–Crippen LogP) is 2.73. The molecule has 1 aromatic rings. The van der Waals surface area contributed by atoms with Gasteiger partial charge in [-0.15, -0.1) is 0 Å². The van der Waals surface area contributed by atoms with Gasteiger partial charge in [-0.1, -0.05) is 6.07 Å². The molecule has 1 amide bonds. The van der Waals surface area contributed by atoms with Gasteiger partial charge in [0.05, 0.1) is 6.61 Å². The number of carbonyl (C=O) groups excluding carboxylic acids is 1. The Balaban J connectivity index is 1.28. The largest absolute Gasteiger partial charge is 0.493 e. The second kappa shape index (κ2) is 7.77. The van der Waals surface area contributed by atoms with Crippen LogP contribution in [-0.4, -0.2) is 42.6 Å². The lowest BCUT2D eigenvalue weighted by molar-refractivity contribution is -0.122. The molecule has 23 heavy (non-hydrogen) atoms. The lowest BCUT2D eigenvalue weighted by atomic mass is 10.0. The number of piperidine rings is 1. The van der Waals surface area contributed by atoms with Crippen molar-refractivity contribution in [2.45, 2.75) is 50.6 Å². The Hall–Kier alpha value is -1.62. The van der Waals surface area contributed by atoms with E-state index >= 15 is 0 Å². The second-order valence-electron chi connectivity index (χ2n) is 6.52. The molecule has 4 nitrogen and oxygen atoms in total. The molecule has 0 atom stereocenters. The normalized spacial score (nSPS) is 19.5. The van der Waals surface area contributed by atoms with Crippen molar-refractivity contribution in [2.24, 2.45) is 0 Å². The first-order valence-electron chi connectivity index (χ1n) is 8.62. The maximum Gasteiger partial charge on any atom is 0.220 e. The molecule has 3 rings (SSSR count). The number of amides is 1. The van der Waals surface area contributed by atoms with Crippen LogP contribution < -0.4 is 10.1 Å². The molecule has 126 valence electrons. The fraction of sp³-hybridized carbons (Fsp3) is 0.611. The minimum Gasteiger partial charge on any atom is -0.493 e. The van der Waals surface area contributed by atoms with E-state index in [4.69, 9.17) is 4.74 Å². The number of nitrogens with zero attached hydrogens (tertiary/aromatic N) is 1. The van der Waals surface area contributed by atoms with Gasteiger partial charge in [0.1, 0.15) is 11.6 Å². The number of carbonyl (C=O) groups is 1. The monoisotopic (exact) mass is 320 g/mol. The SMILES string of the molecule is O=C(CCCOc1cccc(F)c1)NC1CCN(C2CC2)CC1. The maximum absolute atomic E-state index is 13.0. The summed E-state index contributed by atoms with van der Waals surface area (Å²) in [5, 5.41) is 3.13. The maximum atomic E-state index is 13.0. The Bertz CT molecular complexity index is 526. The zero-order chi connectivity index (χ0) is 16.1.